The monoisotopic (exact) mass is 422 g/mol. The Morgan fingerprint density at radius 1 is 0.941 bits per heavy atom. The molecule has 2 aromatic rings. The van der Waals surface area contributed by atoms with Crippen LogP contribution < -0.4 is 0 Å². The molecule has 0 N–H and O–H groups in total. The number of hydrogen-bond acceptors (Lipinski definition) is 2. The van der Waals surface area contributed by atoms with Gasteiger partial charge in [0.05, 0.1) is 0 Å². The van der Waals surface area contributed by atoms with E-state index < -0.39 is 0 Å². The molecule has 2 rings (SSSR count). The SMILES string of the molecule is O=C(c1ccccc1)c1ccc(C[O][BiH2])cc1. The van der Waals surface area contributed by atoms with Crippen LogP contribution in [0.4, 0.5) is 0 Å². The van der Waals surface area contributed by atoms with Crippen LogP contribution in [-0.2, 0) is 9.42 Å². The van der Waals surface area contributed by atoms with Crippen molar-refractivity contribution in [2.75, 3.05) is 0 Å². The molecule has 0 amide bonds. The minimum absolute atomic E-state index is 0.0609. The summed E-state index contributed by atoms with van der Waals surface area (Å²) >= 11 is 0.547. The summed E-state index contributed by atoms with van der Waals surface area (Å²) in [6, 6.07) is 16.9. The van der Waals surface area contributed by atoms with Crippen LogP contribution in [0.15, 0.2) is 54.6 Å². The third-order valence-corrected chi connectivity index (χ3v) is 3.15. The standard InChI is InChI=1S/C14H11O2.Bi.2H/c15-10-11-6-8-13(9-7-11)14(16)12-4-2-1-3-5-12;;;/h1-9H,10H2;;;/q-1;+1;;. The quantitative estimate of drug-likeness (QED) is 0.557. The molecule has 0 unspecified atom stereocenters. The van der Waals surface area contributed by atoms with Crippen molar-refractivity contribution < 1.29 is 7.61 Å². The Balaban J connectivity index is 2.20. The first kappa shape index (κ1) is 12.4. The number of hydrogen-bond donors (Lipinski definition) is 0. The topological polar surface area (TPSA) is 26.3 Å². The Morgan fingerprint density at radius 3 is 2.12 bits per heavy atom. The molecule has 2 nitrogen and oxygen atoms in total. The van der Waals surface area contributed by atoms with E-state index in [0.717, 1.165) is 16.7 Å². The van der Waals surface area contributed by atoms with E-state index in [4.69, 9.17) is 2.81 Å². The van der Waals surface area contributed by atoms with Gasteiger partial charge in [0.2, 0.25) is 0 Å². The van der Waals surface area contributed by atoms with E-state index in [9.17, 15) is 4.79 Å². The molecule has 0 fully saturated rings. The molecule has 0 aliphatic heterocycles. The van der Waals surface area contributed by atoms with Crippen molar-refractivity contribution in [1.82, 2.24) is 0 Å². The van der Waals surface area contributed by atoms with Crippen LogP contribution in [0.5, 0.6) is 0 Å². The molecular formula is C14H13BiO2. The second-order valence-corrected chi connectivity index (χ2v) is 5.00. The third-order valence-electron chi connectivity index (χ3n) is 2.50. The van der Waals surface area contributed by atoms with Gasteiger partial charge >= 0.3 is 116 Å². The Bertz CT molecular complexity index is 491. The zero-order chi connectivity index (χ0) is 12.1. The number of ketones is 1. The van der Waals surface area contributed by atoms with Crippen molar-refractivity contribution >= 4 is 30.9 Å². The van der Waals surface area contributed by atoms with Crippen LogP contribution in [0.25, 0.3) is 0 Å². The Kier molecular flexibility index (Phi) is 4.41. The molecular weight excluding hydrogens is 409 g/mol. The third kappa shape index (κ3) is 3.21. The summed E-state index contributed by atoms with van der Waals surface area (Å²) in [6.07, 6.45) is 0. The second-order valence-electron chi connectivity index (χ2n) is 3.70. The molecule has 3 heteroatoms. The molecule has 17 heavy (non-hydrogen) atoms. The van der Waals surface area contributed by atoms with Gasteiger partial charge < -0.3 is 0 Å². The molecule has 2 aromatic carbocycles. The first-order chi connectivity index (χ1) is 8.31. The predicted octanol–water partition coefficient (Wildman–Crippen LogP) is 1.98. The summed E-state index contributed by atoms with van der Waals surface area (Å²) < 4.78 is 5.19. The predicted molar refractivity (Wildman–Crippen MR) is 69.6 cm³/mol. The second kappa shape index (κ2) is 6.04. The number of benzene rings is 2. The maximum absolute atomic E-state index is 12.1. The zero-order valence-electron chi connectivity index (χ0n) is 9.30. The molecule has 0 saturated heterocycles. The minimum atomic E-state index is 0.0609. The molecule has 86 valence electrons. The molecule has 0 radical (unpaired) electrons. The molecule has 0 spiro atoms. The summed E-state index contributed by atoms with van der Waals surface area (Å²) in [7, 11) is 0. The first-order valence-corrected chi connectivity index (χ1v) is 7.15. The van der Waals surface area contributed by atoms with Crippen LogP contribution in [0.3, 0.4) is 0 Å². The number of carbonyl (C=O) groups is 1. The van der Waals surface area contributed by atoms with Crippen molar-refractivity contribution in [2.45, 2.75) is 6.61 Å². The first-order valence-electron chi connectivity index (χ1n) is 5.31. The van der Waals surface area contributed by atoms with Gasteiger partial charge in [0.1, 0.15) is 0 Å². The molecule has 0 bridgehead atoms. The van der Waals surface area contributed by atoms with Gasteiger partial charge in [-0.15, -0.1) is 0 Å². The van der Waals surface area contributed by atoms with Crippen molar-refractivity contribution in [3.63, 3.8) is 0 Å². The summed E-state index contributed by atoms with van der Waals surface area (Å²) in [4.78, 5) is 12.1. The Hall–Kier alpha value is -1.05. The summed E-state index contributed by atoms with van der Waals surface area (Å²) in [5.74, 6) is 0.0609. The maximum atomic E-state index is 12.1. The van der Waals surface area contributed by atoms with E-state index in [1.807, 2.05) is 54.6 Å². The molecule has 0 saturated carbocycles. The van der Waals surface area contributed by atoms with Gasteiger partial charge in [0, 0.05) is 0 Å². The molecule has 0 aliphatic rings. The fourth-order valence-electron chi connectivity index (χ4n) is 1.60. The average molecular weight is 422 g/mol. The Labute approximate surface area is 116 Å². The van der Waals surface area contributed by atoms with E-state index >= 15 is 0 Å². The van der Waals surface area contributed by atoms with Crippen molar-refractivity contribution in [3.05, 3.63) is 71.3 Å². The van der Waals surface area contributed by atoms with Gasteiger partial charge in [0.25, 0.3) is 0 Å². The summed E-state index contributed by atoms with van der Waals surface area (Å²) in [5.41, 5.74) is 2.55. The van der Waals surface area contributed by atoms with Crippen molar-refractivity contribution in [2.24, 2.45) is 0 Å². The van der Waals surface area contributed by atoms with Gasteiger partial charge in [-0.2, -0.15) is 0 Å². The van der Waals surface area contributed by atoms with Gasteiger partial charge in [-0.3, -0.25) is 0 Å². The van der Waals surface area contributed by atoms with E-state index in [2.05, 4.69) is 0 Å². The van der Waals surface area contributed by atoms with Gasteiger partial charge in [-0.05, 0) is 0 Å². The zero-order valence-corrected chi connectivity index (χ0v) is 13.8. The molecule has 0 aromatic heterocycles. The molecule has 0 heterocycles. The molecule has 0 atom stereocenters. The van der Waals surface area contributed by atoms with Crippen LogP contribution in [0.1, 0.15) is 21.5 Å². The number of carbonyl (C=O) groups excluding carboxylic acids is 1. The van der Waals surface area contributed by atoms with Crippen LogP contribution in [0.2, 0.25) is 0 Å². The average Bonchev–Trinajstić information content (AvgIpc) is 2.40. The molecule has 0 aliphatic carbocycles. The van der Waals surface area contributed by atoms with Crippen molar-refractivity contribution in [3.8, 4) is 0 Å². The van der Waals surface area contributed by atoms with Gasteiger partial charge in [0.15, 0.2) is 0 Å². The van der Waals surface area contributed by atoms with E-state index in [1.54, 1.807) is 0 Å². The fourth-order valence-corrected chi connectivity index (χ4v) is 2.35. The van der Waals surface area contributed by atoms with E-state index in [-0.39, 0.29) is 5.78 Å². The number of rotatable bonds is 4. The Morgan fingerprint density at radius 2 is 1.53 bits per heavy atom. The van der Waals surface area contributed by atoms with E-state index in [1.165, 1.54) is 0 Å². The van der Waals surface area contributed by atoms with Crippen LogP contribution in [0, 0.1) is 0 Å². The normalized spacial score (nSPS) is 10.2. The van der Waals surface area contributed by atoms with Gasteiger partial charge in [-0.25, -0.2) is 0 Å². The van der Waals surface area contributed by atoms with Crippen LogP contribution >= 0.6 is 0 Å². The van der Waals surface area contributed by atoms with Gasteiger partial charge in [-0.1, -0.05) is 0 Å². The summed E-state index contributed by atoms with van der Waals surface area (Å²) in [5, 5.41) is 0. The van der Waals surface area contributed by atoms with E-state index in [0.29, 0.717) is 31.8 Å². The summed E-state index contributed by atoms with van der Waals surface area (Å²) in [6.45, 7) is 0.643. The van der Waals surface area contributed by atoms with Crippen LogP contribution in [-0.4, -0.2) is 30.9 Å². The fraction of sp³-hybridized carbons (Fsp3) is 0.0714. The van der Waals surface area contributed by atoms with Crippen molar-refractivity contribution in [1.29, 1.82) is 0 Å².